The van der Waals surface area contributed by atoms with E-state index in [1.54, 1.807) is 0 Å². The van der Waals surface area contributed by atoms with E-state index in [9.17, 15) is 0 Å². The van der Waals surface area contributed by atoms with Crippen LogP contribution in [-0.4, -0.2) is 61.7 Å². The highest BCUT2D eigenvalue weighted by Gasteiger charge is 2.24. The van der Waals surface area contributed by atoms with E-state index in [-0.39, 0.29) is 0 Å². The van der Waals surface area contributed by atoms with Crippen molar-refractivity contribution in [2.24, 2.45) is 0 Å². The van der Waals surface area contributed by atoms with E-state index in [4.69, 9.17) is 0 Å². The molecule has 0 saturated carbocycles. The highest BCUT2D eigenvalue weighted by atomic mass is 15.3. The zero-order valence-corrected chi connectivity index (χ0v) is 10.7. The minimum absolute atomic E-state index is 0.870. The van der Waals surface area contributed by atoms with Crippen molar-refractivity contribution in [3.05, 3.63) is 0 Å². The van der Waals surface area contributed by atoms with Crippen LogP contribution in [0.25, 0.3) is 0 Å². The minimum Gasteiger partial charge on any atom is -0.317 e. The average Bonchev–Trinajstić information content (AvgIpc) is 2.38. The smallest absolute Gasteiger partial charge is 0.0120 e. The van der Waals surface area contributed by atoms with Crippen molar-refractivity contribution in [2.75, 3.05) is 45.8 Å². The molecule has 2 aliphatic rings. The van der Waals surface area contributed by atoms with Crippen molar-refractivity contribution in [3.8, 4) is 0 Å². The Morgan fingerprint density at radius 2 is 1.75 bits per heavy atom. The zero-order valence-electron chi connectivity index (χ0n) is 10.7. The average molecular weight is 225 g/mol. The van der Waals surface area contributed by atoms with E-state index < -0.39 is 0 Å². The van der Waals surface area contributed by atoms with Gasteiger partial charge in [0.2, 0.25) is 0 Å². The molecule has 1 N–H and O–H groups in total. The van der Waals surface area contributed by atoms with E-state index in [0.29, 0.717) is 0 Å². The largest absolute Gasteiger partial charge is 0.317 e. The molecule has 0 aromatic rings. The molecule has 3 heteroatoms. The summed E-state index contributed by atoms with van der Waals surface area (Å²) in [6.45, 7) is 11.2. The van der Waals surface area contributed by atoms with Gasteiger partial charge in [0.15, 0.2) is 0 Å². The lowest BCUT2D eigenvalue weighted by Crippen LogP contribution is -2.52. The Balaban J connectivity index is 1.67. The van der Waals surface area contributed by atoms with Gasteiger partial charge in [-0.3, -0.25) is 4.90 Å². The van der Waals surface area contributed by atoms with Gasteiger partial charge in [-0.15, -0.1) is 0 Å². The van der Waals surface area contributed by atoms with Crippen molar-refractivity contribution < 1.29 is 0 Å². The first-order chi connectivity index (χ1) is 7.90. The summed E-state index contributed by atoms with van der Waals surface area (Å²) in [5.41, 5.74) is 0. The van der Waals surface area contributed by atoms with Crippen molar-refractivity contribution in [1.29, 1.82) is 0 Å². The van der Waals surface area contributed by atoms with Gasteiger partial charge in [0.25, 0.3) is 0 Å². The van der Waals surface area contributed by atoms with Gasteiger partial charge in [-0.2, -0.15) is 0 Å². The standard InChI is InChI=1S/C13H27N3/c1-2-3-8-15-9-11-16(12-10-15)13-4-6-14-7-5-13/h13-14H,2-12H2,1H3. The van der Waals surface area contributed by atoms with E-state index in [0.717, 1.165) is 6.04 Å². The number of nitrogens with one attached hydrogen (secondary N) is 1. The fourth-order valence-corrected chi connectivity index (χ4v) is 2.91. The molecular formula is C13H27N3. The molecule has 2 rings (SSSR count). The summed E-state index contributed by atoms with van der Waals surface area (Å²) in [5.74, 6) is 0. The van der Waals surface area contributed by atoms with Crippen LogP contribution in [0.15, 0.2) is 0 Å². The van der Waals surface area contributed by atoms with E-state index in [2.05, 4.69) is 22.0 Å². The van der Waals surface area contributed by atoms with Crippen LogP contribution in [0.3, 0.4) is 0 Å². The van der Waals surface area contributed by atoms with Crippen molar-refractivity contribution in [2.45, 2.75) is 38.6 Å². The SMILES string of the molecule is CCCCN1CCN(C2CCNCC2)CC1. The molecule has 0 radical (unpaired) electrons. The molecule has 0 atom stereocenters. The second-order valence-electron chi connectivity index (χ2n) is 5.21. The Morgan fingerprint density at radius 3 is 2.38 bits per heavy atom. The predicted molar refractivity (Wildman–Crippen MR) is 68.8 cm³/mol. The molecule has 2 heterocycles. The van der Waals surface area contributed by atoms with Crippen LogP contribution in [0, 0.1) is 0 Å². The Morgan fingerprint density at radius 1 is 1.06 bits per heavy atom. The van der Waals surface area contributed by atoms with E-state index >= 15 is 0 Å². The molecule has 0 aromatic carbocycles. The Kier molecular flexibility index (Phi) is 5.07. The molecule has 0 aliphatic carbocycles. The maximum Gasteiger partial charge on any atom is 0.0120 e. The summed E-state index contributed by atoms with van der Waals surface area (Å²) in [7, 11) is 0. The normalized spacial score (nSPS) is 26.1. The van der Waals surface area contributed by atoms with Crippen molar-refractivity contribution >= 4 is 0 Å². The van der Waals surface area contributed by atoms with Crippen LogP contribution in [0.4, 0.5) is 0 Å². The number of nitrogens with zero attached hydrogens (tertiary/aromatic N) is 2. The van der Waals surface area contributed by atoms with Gasteiger partial charge in [-0.05, 0) is 38.9 Å². The third-order valence-corrected chi connectivity index (χ3v) is 4.06. The van der Waals surface area contributed by atoms with Crippen molar-refractivity contribution in [3.63, 3.8) is 0 Å². The highest BCUT2D eigenvalue weighted by molar-refractivity contribution is 4.81. The molecule has 16 heavy (non-hydrogen) atoms. The molecule has 94 valence electrons. The van der Waals surface area contributed by atoms with Crippen LogP contribution in [0.2, 0.25) is 0 Å². The van der Waals surface area contributed by atoms with Crippen LogP contribution in [0.5, 0.6) is 0 Å². The zero-order chi connectivity index (χ0) is 11.2. The lowest BCUT2D eigenvalue weighted by Gasteiger charge is -2.40. The second kappa shape index (κ2) is 6.58. The highest BCUT2D eigenvalue weighted by Crippen LogP contribution is 2.14. The first-order valence-electron chi connectivity index (χ1n) is 7.07. The molecule has 0 aromatic heterocycles. The van der Waals surface area contributed by atoms with Crippen LogP contribution >= 0.6 is 0 Å². The van der Waals surface area contributed by atoms with Gasteiger partial charge in [0, 0.05) is 32.2 Å². The molecule has 0 unspecified atom stereocenters. The molecule has 0 amide bonds. The number of piperidine rings is 1. The predicted octanol–water partition coefficient (Wildman–Crippen LogP) is 1.16. The number of rotatable bonds is 4. The second-order valence-corrected chi connectivity index (χ2v) is 5.21. The van der Waals surface area contributed by atoms with Crippen LogP contribution in [-0.2, 0) is 0 Å². The first-order valence-corrected chi connectivity index (χ1v) is 7.07. The molecule has 2 aliphatic heterocycles. The maximum absolute atomic E-state index is 3.45. The topological polar surface area (TPSA) is 18.5 Å². The number of hydrogen-bond donors (Lipinski definition) is 1. The van der Waals surface area contributed by atoms with Gasteiger partial charge < -0.3 is 10.2 Å². The van der Waals surface area contributed by atoms with Gasteiger partial charge >= 0.3 is 0 Å². The molecule has 0 bridgehead atoms. The minimum atomic E-state index is 0.870. The number of hydrogen-bond acceptors (Lipinski definition) is 3. The Bertz CT molecular complexity index is 182. The first kappa shape index (κ1) is 12.3. The third kappa shape index (κ3) is 3.44. The fraction of sp³-hybridized carbons (Fsp3) is 1.00. The lowest BCUT2D eigenvalue weighted by atomic mass is 10.0. The molecular weight excluding hydrogens is 198 g/mol. The molecule has 0 spiro atoms. The third-order valence-electron chi connectivity index (χ3n) is 4.06. The van der Waals surface area contributed by atoms with Gasteiger partial charge in [-0.25, -0.2) is 0 Å². The quantitative estimate of drug-likeness (QED) is 0.774. The molecule has 2 fully saturated rings. The number of piperazine rings is 1. The summed E-state index contributed by atoms with van der Waals surface area (Å²) in [4.78, 5) is 5.37. The van der Waals surface area contributed by atoms with Gasteiger partial charge in [0.1, 0.15) is 0 Å². The summed E-state index contributed by atoms with van der Waals surface area (Å²) in [6, 6.07) is 0.870. The van der Waals surface area contributed by atoms with Crippen LogP contribution < -0.4 is 5.32 Å². The summed E-state index contributed by atoms with van der Waals surface area (Å²) in [5, 5.41) is 3.45. The summed E-state index contributed by atoms with van der Waals surface area (Å²) < 4.78 is 0. The van der Waals surface area contributed by atoms with Crippen LogP contribution in [0.1, 0.15) is 32.6 Å². The van der Waals surface area contributed by atoms with Gasteiger partial charge in [-0.1, -0.05) is 13.3 Å². The maximum atomic E-state index is 3.45. The Labute approximate surface area is 100 Å². The monoisotopic (exact) mass is 225 g/mol. The molecule has 3 nitrogen and oxygen atoms in total. The van der Waals surface area contributed by atoms with Crippen molar-refractivity contribution in [1.82, 2.24) is 15.1 Å². The molecule has 2 saturated heterocycles. The summed E-state index contributed by atoms with van der Waals surface area (Å²) >= 11 is 0. The van der Waals surface area contributed by atoms with Gasteiger partial charge in [0.05, 0.1) is 0 Å². The number of unbranched alkanes of at least 4 members (excludes halogenated alkanes) is 1. The van der Waals surface area contributed by atoms with E-state index in [1.165, 1.54) is 71.5 Å². The lowest BCUT2D eigenvalue weighted by molar-refractivity contribution is 0.0814. The Hall–Kier alpha value is -0.120. The summed E-state index contributed by atoms with van der Waals surface area (Å²) in [6.07, 6.45) is 5.41. The fourth-order valence-electron chi connectivity index (χ4n) is 2.91. The van der Waals surface area contributed by atoms with E-state index in [1.807, 2.05) is 0 Å².